The lowest BCUT2D eigenvalue weighted by atomic mass is 10.2. The van der Waals surface area contributed by atoms with Crippen LogP contribution in [-0.2, 0) is 11.3 Å². The van der Waals surface area contributed by atoms with Crippen LogP contribution in [0.25, 0.3) is 5.69 Å². The predicted molar refractivity (Wildman–Crippen MR) is 93.9 cm³/mol. The molecule has 0 aliphatic carbocycles. The Hall–Kier alpha value is -2.77. The zero-order chi connectivity index (χ0) is 17.3. The van der Waals surface area contributed by atoms with Gasteiger partial charge in [0.2, 0.25) is 0 Å². The van der Waals surface area contributed by atoms with Crippen molar-refractivity contribution in [3.05, 3.63) is 60.2 Å². The minimum atomic E-state index is 0.330. The maximum atomic E-state index is 5.81. The minimum absolute atomic E-state index is 0.330. The average Bonchev–Trinajstić information content (AvgIpc) is 3.12. The fourth-order valence-electron chi connectivity index (χ4n) is 2.33. The molecule has 0 saturated heterocycles. The van der Waals surface area contributed by atoms with Gasteiger partial charge < -0.3 is 14.8 Å². The molecule has 0 unspecified atom stereocenters. The van der Waals surface area contributed by atoms with Crippen molar-refractivity contribution in [2.24, 2.45) is 0 Å². The maximum Gasteiger partial charge on any atom is 0.345 e. The smallest absolute Gasteiger partial charge is 0.345 e. The molecule has 3 rings (SSSR count). The third kappa shape index (κ3) is 4.85. The number of methoxy groups -OCH3 is 1. The van der Waals surface area contributed by atoms with Crippen molar-refractivity contribution in [3.63, 3.8) is 0 Å². The highest BCUT2D eigenvalue weighted by Crippen LogP contribution is 2.21. The van der Waals surface area contributed by atoms with Crippen LogP contribution in [0.2, 0.25) is 0 Å². The molecule has 1 aromatic heterocycles. The van der Waals surface area contributed by atoms with Crippen molar-refractivity contribution in [2.75, 3.05) is 20.3 Å². The zero-order valence-corrected chi connectivity index (χ0v) is 14.1. The molecule has 3 aromatic rings. The van der Waals surface area contributed by atoms with Gasteiger partial charge in [0.1, 0.15) is 5.75 Å². The maximum absolute atomic E-state index is 5.81. The summed E-state index contributed by atoms with van der Waals surface area (Å²) >= 11 is 0. The number of aromatic nitrogens is 4. The normalized spacial score (nSPS) is 10.8. The summed E-state index contributed by atoms with van der Waals surface area (Å²) in [4.78, 5) is 0. The Morgan fingerprint density at radius 1 is 1.04 bits per heavy atom. The van der Waals surface area contributed by atoms with Gasteiger partial charge in [0, 0.05) is 20.3 Å². The minimum Gasteiger partial charge on any atom is -0.423 e. The molecular formula is C18H21N5O2. The number of nitrogens with one attached hydrogen (secondary N) is 1. The molecule has 0 spiro atoms. The molecule has 0 aliphatic heterocycles. The van der Waals surface area contributed by atoms with E-state index in [0.29, 0.717) is 11.8 Å². The number of tetrazole rings is 1. The second kappa shape index (κ2) is 8.91. The van der Waals surface area contributed by atoms with Crippen molar-refractivity contribution in [3.8, 4) is 17.4 Å². The molecular weight excluding hydrogens is 318 g/mol. The Bertz CT molecular complexity index is 759. The summed E-state index contributed by atoms with van der Waals surface area (Å²) in [6.45, 7) is 2.51. The van der Waals surface area contributed by atoms with E-state index in [1.54, 1.807) is 11.8 Å². The van der Waals surface area contributed by atoms with Crippen molar-refractivity contribution < 1.29 is 9.47 Å². The van der Waals surface area contributed by atoms with Crippen molar-refractivity contribution in [2.45, 2.75) is 13.0 Å². The van der Waals surface area contributed by atoms with E-state index in [2.05, 4.69) is 20.8 Å². The lowest BCUT2D eigenvalue weighted by Crippen LogP contribution is -2.15. The standard InChI is InChI=1S/C18H21N5O2/c1-24-13-5-12-19-14-15-8-10-17(11-9-15)25-18-20-21-22-23(18)16-6-3-2-4-7-16/h2-4,6-11,19H,5,12-14H2,1H3. The first-order chi connectivity index (χ1) is 12.4. The number of para-hydroxylation sites is 1. The van der Waals surface area contributed by atoms with Gasteiger partial charge in [-0.25, -0.2) is 0 Å². The van der Waals surface area contributed by atoms with E-state index in [4.69, 9.17) is 9.47 Å². The first-order valence-electron chi connectivity index (χ1n) is 8.17. The molecule has 1 heterocycles. The molecule has 0 atom stereocenters. The van der Waals surface area contributed by atoms with E-state index in [0.717, 1.165) is 31.8 Å². The van der Waals surface area contributed by atoms with Crippen LogP contribution in [0, 0.1) is 0 Å². The highest BCUT2D eigenvalue weighted by Gasteiger charge is 2.10. The molecule has 2 aromatic carbocycles. The second-order valence-electron chi connectivity index (χ2n) is 5.48. The molecule has 7 nitrogen and oxygen atoms in total. The fourth-order valence-corrected chi connectivity index (χ4v) is 2.33. The Kier molecular flexibility index (Phi) is 6.08. The number of rotatable bonds is 9. The highest BCUT2D eigenvalue weighted by molar-refractivity contribution is 5.34. The van der Waals surface area contributed by atoms with E-state index < -0.39 is 0 Å². The van der Waals surface area contributed by atoms with E-state index in [-0.39, 0.29) is 0 Å². The predicted octanol–water partition coefficient (Wildman–Crippen LogP) is 2.58. The summed E-state index contributed by atoms with van der Waals surface area (Å²) in [5, 5.41) is 15.0. The van der Waals surface area contributed by atoms with Crippen LogP contribution in [0.5, 0.6) is 11.8 Å². The number of hydrogen-bond acceptors (Lipinski definition) is 6. The Morgan fingerprint density at radius 2 is 1.84 bits per heavy atom. The van der Waals surface area contributed by atoms with E-state index in [1.165, 1.54) is 5.56 Å². The largest absolute Gasteiger partial charge is 0.423 e. The van der Waals surface area contributed by atoms with E-state index in [1.807, 2.05) is 54.6 Å². The molecule has 0 fully saturated rings. The summed E-state index contributed by atoms with van der Waals surface area (Å²) in [7, 11) is 1.72. The van der Waals surface area contributed by atoms with E-state index in [9.17, 15) is 0 Å². The summed E-state index contributed by atoms with van der Waals surface area (Å²) in [6, 6.07) is 17.8. The summed E-state index contributed by atoms with van der Waals surface area (Å²) < 4.78 is 12.4. The summed E-state index contributed by atoms with van der Waals surface area (Å²) in [5.74, 6) is 0.690. The van der Waals surface area contributed by atoms with Gasteiger partial charge >= 0.3 is 6.01 Å². The SMILES string of the molecule is COCCCNCc1ccc(Oc2nnnn2-c2ccccc2)cc1. The monoisotopic (exact) mass is 339 g/mol. The number of benzene rings is 2. The van der Waals surface area contributed by atoms with Crippen molar-refractivity contribution in [1.82, 2.24) is 25.5 Å². The van der Waals surface area contributed by atoms with Crippen LogP contribution in [0.15, 0.2) is 54.6 Å². The summed E-state index contributed by atoms with van der Waals surface area (Å²) in [5.41, 5.74) is 2.03. The third-order valence-electron chi connectivity index (χ3n) is 3.61. The van der Waals surface area contributed by atoms with Crippen LogP contribution in [0.3, 0.4) is 0 Å². The van der Waals surface area contributed by atoms with Crippen molar-refractivity contribution in [1.29, 1.82) is 0 Å². The molecule has 1 N–H and O–H groups in total. The first-order valence-corrected chi connectivity index (χ1v) is 8.17. The lowest BCUT2D eigenvalue weighted by molar-refractivity contribution is 0.194. The number of nitrogens with zero attached hydrogens (tertiary/aromatic N) is 4. The lowest BCUT2D eigenvalue weighted by Gasteiger charge is -2.08. The van der Waals surface area contributed by atoms with Gasteiger partial charge in [-0.05, 0) is 53.2 Å². The van der Waals surface area contributed by atoms with Crippen LogP contribution < -0.4 is 10.1 Å². The van der Waals surface area contributed by atoms with Gasteiger partial charge in [0.15, 0.2) is 0 Å². The Morgan fingerprint density at radius 3 is 2.60 bits per heavy atom. The van der Waals surface area contributed by atoms with E-state index >= 15 is 0 Å². The van der Waals surface area contributed by atoms with Gasteiger partial charge in [-0.15, -0.1) is 0 Å². The molecule has 0 amide bonds. The van der Waals surface area contributed by atoms with Crippen LogP contribution >= 0.6 is 0 Å². The van der Waals surface area contributed by atoms with Crippen LogP contribution in [0.1, 0.15) is 12.0 Å². The Balaban J connectivity index is 1.58. The molecule has 0 bridgehead atoms. The fraction of sp³-hybridized carbons (Fsp3) is 0.278. The second-order valence-corrected chi connectivity index (χ2v) is 5.48. The molecule has 7 heteroatoms. The van der Waals surface area contributed by atoms with Crippen LogP contribution in [0.4, 0.5) is 0 Å². The van der Waals surface area contributed by atoms with Crippen LogP contribution in [-0.4, -0.2) is 40.5 Å². The number of hydrogen-bond donors (Lipinski definition) is 1. The Labute approximate surface area is 146 Å². The summed E-state index contributed by atoms with van der Waals surface area (Å²) in [6.07, 6.45) is 1.000. The van der Waals surface area contributed by atoms with Gasteiger partial charge in [0.05, 0.1) is 5.69 Å². The number of ether oxygens (including phenoxy) is 2. The first kappa shape index (κ1) is 17.1. The molecule has 0 saturated carbocycles. The molecule has 0 radical (unpaired) electrons. The topological polar surface area (TPSA) is 74.1 Å². The quantitative estimate of drug-likeness (QED) is 0.604. The van der Waals surface area contributed by atoms with Gasteiger partial charge in [0.25, 0.3) is 0 Å². The molecule has 0 aliphatic rings. The van der Waals surface area contributed by atoms with Gasteiger partial charge in [-0.1, -0.05) is 35.4 Å². The third-order valence-corrected chi connectivity index (χ3v) is 3.61. The van der Waals surface area contributed by atoms with Gasteiger partial charge in [-0.3, -0.25) is 0 Å². The average molecular weight is 339 g/mol. The highest BCUT2D eigenvalue weighted by atomic mass is 16.5. The molecule has 25 heavy (non-hydrogen) atoms. The zero-order valence-electron chi connectivity index (χ0n) is 14.1. The molecule has 130 valence electrons. The van der Waals surface area contributed by atoms with Crippen molar-refractivity contribution >= 4 is 0 Å². The van der Waals surface area contributed by atoms with Gasteiger partial charge in [-0.2, -0.15) is 4.68 Å².